The minimum absolute atomic E-state index is 0.0734. The molecule has 0 saturated carbocycles. The lowest BCUT2D eigenvalue weighted by molar-refractivity contribution is 0.217. The summed E-state index contributed by atoms with van der Waals surface area (Å²) in [5.74, 6) is 0. The maximum absolute atomic E-state index is 11.8. The van der Waals surface area contributed by atoms with Crippen LogP contribution in [0.15, 0.2) is 15.5 Å². The van der Waals surface area contributed by atoms with Crippen LogP contribution in [-0.2, 0) is 7.05 Å². The molecule has 6 heteroatoms. The van der Waals surface area contributed by atoms with Crippen LogP contribution in [0.2, 0.25) is 0 Å². The van der Waals surface area contributed by atoms with Gasteiger partial charge in [-0.2, -0.15) is 5.10 Å². The molecule has 1 heterocycles. The molecule has 0 fully saturated rings. The quantitative estimate of drug-likeness (QED) is 0.896. The molecule has 1 aromatic heterocycles. The fraction of sp³-hybridized carbons (Fsp3) is 0.692. The predicted molar refractivity (Wildman–Crippen MR) is 82.6 cm³/mol. The lowest BCUT2D eigenvalue weighted by Gasteiger charge is -2.35. The van der Waals surface area contributed by atoms with Crippen LogP contribution >= 0.6 is 15.9 Å². The van der Waals surface area contributed by atoms with Crippen molar-refractivity contribution < 1.29 is 0 Å². The van der Waals surface area contributed by atoms with E-state index in [4.69, 9.17) is 0 Å². The average Bonchev–Trinajstić information content (AvgIpc) is 2.28. The Kier molecular flexibility index (Phi) is 5.15. The van der Waals surface area contributed by atoms with E-state index in [1.165, 1.54) is 4.68 Å². The molecule has 1 aromatic rings. The molecule has 0 aliphatic heterocycles. The minimum Gasteiger partial charge on any atom is -0.380 e. The summed E-state index contributed by atoms with van der Waals surface area (Å²) in [6, 6.07) is 0.208. The summed E-state index contributed by atoms with van der Waals surface area (Å²) in [5, 5.41) is 7.41. The van der Waals surface area contributed by atoms with E-state index < -0.39 is 0 Å². The summed E-state index contributed by atoms with van der Waals surface area (Å²) in [6.45, 7) is 7.48. The van der Waals surface area contributed by atoms with Gasteiger partial charge in [-0.05, 0) is 42.4 Å². The highest BCUT2D eigenvalue weighted by Gasteiger charge is 2.27. The smallest absolute Gasteiger partial charge is 0.282 e. The maximum Gasteiger partial charge on any atom is 0.282 e. The van der Waals surface area contributed by atoms with E-state index in [0.29, 0.717) is 4.47 Å². The summed E-state index contributed by atoms with van der Waals surface area (Å²) in [7, 11) is 5.75. The van der Waals surface area contributed by atoms with Crippen molar-refractivity contribution in [3.05, 3.63) is 21.0 Å². The molecule has 19 heavy (non-hydrogen) atoms. The molecule has 108 valence electrons. The lowest BCUT2D eigenvalue weighted by Crippen LogP contribution is -2.41. The summed E-state index contributed by atoms with van der Waals surface area (Å²) >= 11 is 3.33. The van der Waals surface area contributed by atoms with Gasteiger partial charge in [-0.15, -0.1) is 0 Å². The number of halogens is 1. The molecule has 0 aliphatic carbocycles. The van der Waals surface area contributed by atoms with E-state index in [1.54, 1.807) is 13.2 Å². The zero-order valence-electron chi connectivity index (χ0n) is 12.5. The highest BCUT2D eigenvalue weighted by molar-refractivity contribution is 9.10. The third-order valence-electron chi connectivity index (χ3n) is 3.35. The van der Waals surface area contributed by atoms with Gasteiger partial charge < -0.3 is 10.2 Å². The Bertz CT molecular complexity index is 496. The number of aromatic nitrogens is 2. The Balaban J connectivity index is 2.91. The molecule has 0 bridgehead atoms. The van der Waals surface area contributed by atoms with Gasteiger partial charge in [0.2, 0.25) is 0 Å². The average molecular weight is 331 g/mol. The van der Waals surface area contributed by atoms with Crippen LogP contribution in [0.5, 0.6) is 0 Å². The topological polar surface area (TPSA) is 50.2 Å². The summed E-state index contributed by atoms with van der Waals surface area (Å²) in [5.41, 5.74) is 0.675. The monoisotopic (exact) mass is 330 g/mol. The van der Waals surface area contributed by atoms with Crippen LogP contribution in [-0.4, -0.2) is 41.4 Å². The van der Waals surface area contributed by atoms with Gasteiger partial charge in [-0.3, -0.25) is 4.79 Å². The Morgan fingerprint density at radius 3 is 2.63 bits per heavy atom. The first kappa shape index (κ1) is 16.2. The zero-order valence-corrected chi connectivity index (χ0v) is 14.1. The normalized spacial score (nSPS) is 13.7. The first-order valence-corrected chi connectivity index (χ1v) is 7.07. The van der Waals surface area contributed by atoms with Crippen molar-refractivity contribution >= 4 is 21.6 Å². The summed E-state index contributed by atoms with van der Waals surface area (Å²) in [4.78, 5) is 14.0. The van der Waals surface area contributed by atoms with Gasteiger partial charge in [-0.1, -0.05) is 13.8 Å². The molecular weight excluding hydrogens is 308 g/mol. The van der Waals surface area contributed by atoms with E-state index >= 15 is 0 Å². The second kappa shape index (κ2) is 6.05. The molecule has 0 spiro atoms. The lowest BCUT2D eigenvalue weighted by atomic mass is 9.85. The molecule has 0 radical (unpaired) electrons. The Morgan fingerprint density at radius 1 is 1.53 bits per heavy atom. The zero-order chi connectivity index (χ0) is 14.8. The Labute approximate surface area is 123 Å². The molecule has 0 saturated heterocycles. The molecule has 0 aliphatic rings. The number of anilines is 1. The van der Waals surface area contributed by atoms with Crippen LogP contribution < -0.4 is 10.9 Å². The molecule has 0 aromatic carbocycles. The van der Waals surface area contributed by atoms with E-state index in [2.05, 4.69) is 66.1 Å². The van der Waals surface area contributed by atoms with Crippen LogP contribution in [0, 0.1) is 5.41 Å². The van der Waals surface area contributed by atoms with Gasteiger partial charge in [0.15, 0.2) is 0 Å². The molecular formula is C13H23BrN4O. The molecule has 5 nitrogen and oxygen atoms in total. The molecule has 1 N–H and O–H groups in total. The summed E-state index contributed by atoms with van der Waals surface area (Å²) < 4.78 is 1.84. The number of nitrogens with one attached hydrogen (secondary N) is 1. The highest BCUT2D eigenvalue weighted by Crippen LogP contribution is 2.26. The van der Waals surface area contributed by atoms with Crippen LogP contribution in [0.3, 0.4) is 0 Å². The van der Waals surface area contributed by atoms with E-state index in [9.17, 15) is 4.79 Å². The largest absolute Gasteiger partial charge is 0.380 e. The number of nitrogens with zero attached hydrogens (tertiary/aromatic N) is 3. The van der Waals surface area contributed by atoms with Crippen molar-refractivity contribution in [3.63, 3.8) is 0 Å². The van der Waals surface area contributed by atoms with Crippen LogP contribution in [0.25, 0.3) is 0 Å². The number of hydrogen-bond acceptors (Lipinski definition) is 4. The second-order valence-corrected chi connectivity index (χ2v) is 6.69. The first-order valence-electron chi connectivity index (χ1n) is 6.28. The van der Waals surface area contributed by atoms with Crippen molar-refractivity contribution in [1.29, 1.82) is 0 Å². The van der Waals surface area contributed by atoms with Crippen molar-refractivity contribution in [2.75, 3.05) is 26.0 Å². The van der Waals surface area contributed by atoms with Crippen molar-refractivity contribution in [2.24, 2.45) is 12.5 Å². The molecule has 1 atom stereocenters. The third kappa shape index (κ3) is 4.04. The van der Waals surface area contributed by atoms with Crippen molar-refractivity contribution in [1.82, 2.24) is 14.7 Å². The minimum atomic E-state index is -0.136. The number of rotatable bonds is 5. The SMILES string of the molecule is CC(Nc1cnn(C)c(=O)c1Br)C(C)(C)CN(C)C. The molecule has 1 unspecified atom stereocenters. The van der Waals surface area contributed by atoms with Gasteiger partial charge in [0, 0.05) is 19.6 Å². The van der Waals surface area contributed by atoms with Gasteiger partial charge >= 0.3 is 0 Å². The number of hydrogen-bond donors (Lipinski definition) is 1. The van der Waals surface area contributed by atoms with Crippen molar-refractivity contribution in [2.45, 2.75) is 26.8 Å². The predicted octanol–water partition coefficient (Wildman–Crippen LogP) is 1.93. The molecule has 0 amide bonds. The fourth-order valence-corrected chi connectivity index (χ4v) is 2.47. The first-order chi connectivity index (χ1) is 8.65. The van der Waals surface area contributed by atoms with Crippen LogP contribution in [0.1, 0.15) is 20.8 Å². The Hall–Kier alpha value is -0.880. The molecule has 1 rings (SSSR count). The van der Waals surface area contributed by atoms with Gasteiger partial charge in [0.25, 0.3) is 5.56 Å². The van der Waals surface area contributed by atoms with Gasteiger partial charge in [-0.25, -0.2) is 4.68 Å². The number of aryl methyl sites for hydroxylation is 1. The van der Waals surface area contributed by atoms with E-state index in [1.807, 2.05) is 0 Å². The van der Waals surface area contributed by atoms with Gasteiger partial charge in [0.05, 0.1) is 11.9 Å². The van der Waals surface area contributed by atoms with E-state index in [-0.39, 0.29) is 17.0 Å². The third-order valence-corrected chi connectivity index (χ3v) is 4.11. The van der Waals surface area contributed by atoms with E-state index in [0.717, 1.165) is 12.2 Å². The maximum atomic E-state index is 11.8. The Morgan fingerprint density at radius 2 is 2.11 bits per heavy atom. The van der Waals surface area contributed by atoms with Crippen LogP contribution in [0.4, 0.5) is 5.69 Å². The second-order valence-electron chi connectivity index (χ2n) is 5.89. The van der Waals surface area contributed by atoms with Crippen molar-refractivity contribution in [3.8, 4) is 0 Å². The fourth-order valence-electron chi connectivity index (χ4n) is 1.99. The standard InChI is InChI=1S/C13H23BrN4O/c1-9(13(2,3)8-17(4)5)16-10-7-15-18(6)12(19)11(10)14/h7,9,16H,8H2,1-6H3. The summed E-state index contributed by atoms with van der Waals surface area (Å²) in [6.07, 6.45) is 1.67. The van der Waals surface area contributed by atoms with Gasteiger partial charge in [0.1, 0.15) is 4.47 Å². The highest BCUT2D eigenvalue weighted by atomic mass is 79.9.